The summed E-state index contributed by atoms with van der Waals surface area (Å²) in [4.78, 5) is 0. The van der Waals surface area contributed by atoms with Crippen molar-refractivity contribution < 1.29 is 0 Å². The molecule has 1 aliphatic rings. The molecule has 0 spiro atoms. The molecule has 2 rings (SSSR count). The van der Waals surface area contributed by atoms with E-state index in [-0.39, 0.29) is 10.8 Å². The van der Waals surface area contributed by atoms with Crippen molar-refractivity contribution in [2.45, 2.75) is 48.0 Å². The molecule has 1 aromatic carbocycles. The van der Waals surface area contributed by atoms with Crippen molar-refractivity contribution in [3.63, 3.8) is 0 Å². The third-order valence-corrected chi connectivity index (χ3v) is 3.28. The van der Waals surface area contributed by atoms with Crippen LogP contribution in [0.4, 0.5) is 5.69 Å². The second kappa shape index (κ2) is 5.53. The number of fused-ring (bicyclic) bond motifs is 1. The summed E-state index contributed by atoms with van der Waals surface area (Å²) >= 11 is 0. The third-order valence-electron chi connectivity index (χ3n) is 3.28. The van der Waals surface area contributed by atoms with Gasteiger partial charge in [0.25, 0.3) is 0 Å². The molecule has 0 aliphatic carbocycles. The van der Waals surface area contributed by atoms with Gasteiger partial charge >= 0.3 is 0 Å². The predicted molar refractivity (Wildman–Crippen MR) is 94.3 cm³/mol. The van der Waals surface area contributed by atoms with Crippen LogP contribution in [0.1, 0.15) is 47.1 Å². The molecule has 0 amide bonds. The zero-order chi connectivity index (χ0) is 16.6. The fourth-order valence-corrected chi connectivity index (χ4v) is 2.56. The number of hydrogen-bond acceptors (Lipinski definition) is 2. The van der Waals surface area contributed by atoms with E-state index < -0.39 is 4.76 Å². The normalized spacial score (nSPS) is 21.5. The van der Waals surface area contributed by atoms with Crippen molar-refractivity contribution in [1.29, 1.82) is 0 Å². The van der Waals surface area contributed by atoms with Crippen LogP contribution in [0.3, 0.4) is 0 Å². The van der Waals surface area contributed by atoms with Gasteiger partial charge in [-0.05, 0) is 26.7 Å². The number of quaternary nitrogens is 1. The van der Waals surface area contributed by atoms with Gasteiger partial charge in [-0.3, -0.25) is 0 Å². The lowest BCUT2D eigenvalue weighted by molar-refractivity contribution is 0.256. The minimum atomic E-state index is -0.659. The van der Waals surface area contributed by atoms with Crippen LogP contribution in [0.2, 0.25) is 0 Å². The Kier molecular flexibility index (Phi) is 4.21. The average molecular weight is 298 g/mol. The highest BCUT2D eigenvalue weighted by atomic mass is 16.6. The van der Waals surface area contributed by atoms with Crippen LogP contribution in [-0.2, 0) is 6.42 Å². The van der Waals surface area contributed by atoms with Gasteiger partial charge < -0.3 is 5.21 Å². The summed E-state index contributed by atoms with van der Waals surface area (Å²) in [5, 5.41) is 17.8. The van der Waals surface area contributed by atoms with Crippen molar-refractivity contribution in [1.82, 2.24) is 4.76 Å². The van der Waals surface area contributed by atoms with Gasteiger partial charge in [-0.2, -0.15) is 4.76 Å². The predicted octanol–water partition coefficient (Wildman–Crippen LogP) is 4.50. The van der Waals surface area contributed by atoms with Gasteiger partial charge in [0.15, 0.2) is 11.4 Å². The maximum Gasteiger partial charge on any atom is 0.163 e. The topological polar surface area (TPSA) is 35.4 Å². The van der Waals surface area contributed by atoms with Crippen molar-refractivity contribution in [3.8, 4) is 11.8 Å². The highest BCUT2D eigenvalue weighted by molar-refractivity contribution is 6.03. The van der Waals surface area contributed by atoms with Crippen LogP contribution in [0.15, 0.2) is 29.4 Å². The van der Waals surface area contributed by atoms with Crippen LogP contribution >= 0.6 is 0 Å². The Morgan fingerprint density at radius 3 is 2.36 bits per heavy atom. The molecule has 118 valence electrons. The summed E-state index contributed by atoms with van der Waals surface area (Å²) in [6.45, 7) is 12.8. The van der Waals surface area contributed by atoms with E-state index in [1.807, 2.05) is 24.3 Å². The molecule has 0 radical (unpaired) electrons. The van der Waals surface area contributed by atoms with E-state index in [1.165, 1.54) is 0 Å². The molecule has 22 heavy (non-hydrogen) atoms. The van der Waals surface area contributed by atoms with E-state index in [1.54, 1.807) is 0 Å². The third kappa shape index (κ3) is 4.19. The van der Waals surface area contributed by atoms with E-state index >= 15 is 0 Å². The lowest BCUT2D eigenvalue weighted by Gasteiger charge is -2.42. The fraction of sp³-hybridized carbons (Fsp3) is 0.526. The molecule has 1 aliphatic heterocycles. The lowest BCUT2D eigenvalue weighted by Crippen LogP contribution is -2.47. The zero-order valence-corrected chi connectivity index (χ0v) is 14.5. The molecule has 1 unspecified atom stereocenters. The Labute approximate surface area is 134 Å². The van der Waals surface area contributed by atoms with Gasteiger partial charge in [0.05, 0.1) is 0 Å². The summed E-state index contributed by atoms with van der Waals surface area (Å²) < 4.78 is -0.659. The highest BCUT2D eigenvalue weighted by Gasteiger charge is 2.34. The van der Waals surface area contributed by atoms with Crippen molar-refractivity contribution in [2.75, 3.05) is 6.54 Å². The molecular weight excluding hydrogens is 272 g/mol. The minimum Gasteiger partial charge on any atom is -0.599 e. The first kappa shape index (κ1) is 16.7. The monoisotopic (exact) mass is 298 g/mol. The van der Waals surface area contributed by atoms with Crippen molar-refractivity contribution in [2.24, 2.45) is 15.9 Å². The molecule has 0 fully saturated rings. The Bertz CT molecular complexity index is 650. The van der Waals surface area contributed by atoms with Gasteiger partial charge in [0, 0.05) is 28.9 Å². The molecular formula is C19H26N2O. The van der Waals surface area contributed by atoms with Crippen LogP contribution in [0, 0.1) is 27.9 Å². The Balaban J connectivity index is 2.48. The Morgan fingerprint density at radius 2 is 1.77 bits per heavy atom. The number of hydroxylamine groups is 1. The highest BCUT2D eigenvalue weighted by Crippen LogP contribution is 2.35. The quantitative estimate of drug-likeness (QED) is 0.427. The zero-order valence-electron chi connectivity index (χ0n) is 14.5. The van der Waals surface area contributed by atoms with Gasteiger partial charge in [-0.1, -0.05) is 50.0 Å². The summed E-state index contributed by atoms with van der Waals surface area (Å²) in [6.07, 6.45) is 0.644. The maximum atomic E-state index is 13.4. The van der Waals surface area contributed by atoms with Gasteiger partial charge in [-0.15, -0.1) is 0 Å². The molecule has 0 aromatic heterocycles. The number of nitrogens with zero attached hydrogens (tertiary/aromatic N) is 2. The minimum absolute atomic E-state index is 0.0952. The fourth-order valence-electron chi connectivity index (χ4n) is 2.56. The largest absolute Gasteiger partial charge is 0.599 e. The summed E-state index contributed by atoms with van der Waals surface area (Å²) in [5.41, 5.74) is 2.27. The Morgan fingerprint density at radius 1 is 1.14 bits per heavy atom. The first-order valence-electron chi connectivity index (χ1n) is 7.78. The molecule has 0 N–H and O–H groups in total. The first-order chi connectivity index (χ1) is 9.99. The second-order valence-electron chi connectivity index (χ2n) is 8.27. The Hall–Kier alpha value is -1.63. The standard InChI is InChI=1S/C19H26N2O/c1-18(2,3)12-11-16-13-15-9-7-8-10-17(15)21(22,20-16)14-19(4,5)6/h7-10H,13-14H2,1-6H3. The van der Waals surface area contributed by atoms with E-state index in [0.717, 1.165) is 11.3 Å². The molecule has 0 bridgehead atoms. The van der Waals surface area contributed by atoms with Crippen LogP contribution < -0.4 is 4.76 Å². The molecule has 0 saturated heterocycles. The van der Waals surface area contributed by atoms with Crippen LogP contribution in [-0.4, -0.2) is 12.3 Å². The summed E-state index contributed by atoms with van der Waals surface area (Å²) in [7, 11) is 0. The van der Waals surface area contributed by atoms with Gasteiger partial charge in [-0.25, -0.2) is 0 Å². The van der Waals surface area contributed by atoms with Crippen LogP contribution in [0.25, 0.3) is 0 Å². The summed E-state index contributed by atoms with van der Waals surface area (Å²) in [5.74, 6) is 6.32. The van der Waals surface area contributed by atoms with Gasteiger partial charge in [0.2, 0.25) is 0 Å². The number of benzene rings is 1. The maximum absolute atomic E-state index is 13.4. The molecule has 1 heterocycles. The molecule has 0 saturated carbocycles. The second-order valence-corrected chi connectivity index (χ2v) is 8.27. The van der Waals surface area contributed by atoms with Gasteiger partial charge in [0.1, 0.15) is 6.54 Å². The molecule has 3 heteroatoms. The molecule has 1 aromatic rings. The van der Waals surface area contributed by atoms with Crippen molar-refractivity contribution >= 4 is 11.4 Å². The SMILES string of the molecule is CC(C)(C)C#CC1=N[N+]([O-])(CC(C)(C)C)c2ccccc2C1. The van der Waals surface area contributed by atoms with Crippen molar-refractivity contribution in [3.05, 3.63) is 35.0 Å². The van der Waals surface area contributed by atoms with E-state index in [2.05, 4.69) is 58.5 Å². The molecule has 1 atom stereocenters. The van der Waals surface area contributed by atoms with E-state index in [9.17, 15) is 5.21 Å². The number of hydrogen-bond donors (Lipinski definition) is 0. The number of para-hydroxylation sites is 1. The lowest BCUT2D eigenvalue weighted by atomic mass is 9.94. The smallest absolute Gasteiger partial charge is 0.163 e. The molecule has 3 nitrogen and oxygen atoms in total. The number of rotatable bonds is 1. The van der Waals surface area contributed by atoms with Crippen LogP contribution in [0.5, 0.6) is 0 Å². The summed E-state index contributed by atoms with van der Waals surface area (Å²) in [6, 6.07) is 7.79. The average Bonchev–Trinajstić information content (AvgIpc) is 2.33. The van der Waals surface area contributed by atoms with E-state index in [0.29, 0.717) is 18.7 Å². The van der Waals surface area contributed by atoms with E-state index in [4.69, 9.17) is 0 Å². The first-order valence-corrected chi connectivity index (χ1v) is 7.78.